The molecule has 2 aromatic rings. The maximum absolute atomic E-state index is 13.8. The summed E-state index contributed by atoms with van der Waals surface area (Å²) in [5.74, 6) is 0.552. The van der Waals surface area contributed by atoms with Crippen LogP contribution >= 0.6 is 0 Å². The fraction of sp³-hybridized carbons (Fsp3) is 0.158. The molecule has 3 rings (SSSR count). The fourth-order valence-electron chi connectivity index (χ4n) is 2.60. The molecule has 0 saturated carbocycles. The molecular weight excluding hydrogens is 339 g/mol. The molecular formula is C19H17FN2O4. The summed E-state index contributed by atoms with van der Waals surface area (Å²) in [4.78, 5) is 16.6. The number of halogens is 1. The zero-order chi connectivity index (χ0) is 18.7. The zero-order valence-electron chi connectivity index (χ0n) is 14.5. The van der Waals surface area contributed by atoms with E-state index in [1.165, 1.54) is 39.5 Å². The predicted molar refractivity (Wildman–Crippen MR) is 95.2 cm³/mol. The normalized spacial score (nSPS) is 14.8. The summed E-state index contributed by atoms with van der Waals surface area (Å²) in [7, 11) is 4.43. The Hall–Kier alpha value is -3.35. The van der Waals surface area contributed by atoms with Crippen LogP contribution in [0.25, 0.3) is 6.08 Å². The van der Waals surface area contributed by atoms with Crippen molar-refractivity contribution in [2.75, 3.05) is 21.3 Å². The van der Waals surface area contributed by atoms with Gasteiger partial charge in [0.05, 0.1) is 21.3 Å². The van der Waals surface area contributed by atoms with Crippen LogP contribution in [0.5, 0.6) is 17.2 Å². The molecule has 0 spiro atoms. The first-order chi connectivity index (χ1) is 12.6. The molecule has 0 aromatic heterocycles. The minimum Gasteiger partial charge on any atom is -0.496 e. The van der Waals surface area contributed by atoms with Crippen LogP contribution in [0.1, 0.15) is 11.1 Å². The minimum absolute atomic E-state index is 0.131. The molecule has 0 radical (unpaired) electrons. The number of hydrogen-bond donors (Lipinski definition) is 1. The summed E-state index contributed by atoms with van der Waals surface area (Å²) < 4.78 is 29.4. The van der Waals surface area contributed by atoms with E-state index in [2.05, 4.69) is 10.3 Å². The summed E-state index contributed by atoms with van der Waals surface area (Å²) in [5, 5.41) is 2.69. The van der Waals surface area contributed by atoms with E-state index in [1.54, 1.807) is 24.3 Å². The van der Waals surface area contributed by atoms with E-state index in [0.29, 0.717) is 28.5 Å². The fourth-order valence-corrected chi connectivity index (χ4v) is 2.60. The second-order valence-corrected chi connectivity index (χ2v) is 5.38. The number of methoxy groups -OCH3 is 3. The number of amides is 1. The summed E-state index contributed by atoms with van der Waals surface area (Å²) in [5.41, 5.74) is 1.18. The molecule has 1 aliphatic heterocycles. The monoisotopic (exact) mass is 356 g/mol. The molecule has 2 aromatic carbocycles. The number of rotatable bonds is 5. The third kappa shape index (κ3) is 3.23. The number of carbonyl (C=O) groups excluding carboxylic acids is 1. The lowest BCUT2D eigenvalue weighted by Gasteiger charge is -2.12. The van der Waals surface area contributed by atoms with Crippen LogP contribution in [0.4, 0.5) is 4.39 Å². The van der Waals surface area contributed by atoms with Crippen molar-refractivity contribution in [3.63, 3.8) is 0 Å². The Labute approximate surface area is 149 Å². The lowest BCUT2D eigenvalue weighted by molar-refractivity contribution is -0.115. The molecule has 1 N–H and O–H groups in total. The van der Waals surface area contributed by atoms with Gasteiger partial charge >= 0.3 is 0 Å². The average molecular weight is 356 g/mol. The number of benzene rings is 2. The maximum atomic E-state index is 13.8. The first-order valence-electron chi connectivity index (χ1n) is 7.74. The lowest BCUT2D eigenvalue weighted by Crippen LogP contribution is -2.25. The van der Waals surface area contributed by atoms with Gasteiger partial charge in [-0.05, 0) is 35.9 Å². The number of carbonyl (C=O) groups is 1. The Morgan fingerprint density at radius 3 is 2.23 bits per heavy atom. The molecule has 0 unspecified atom stereocenters. The highest BCUT2D eigenvalue weighted by molar-refractivity contribution is 6.21. The Balaban J connectivity index is 2.01. The van der Waals surface area contributed by atoms with E-state index in [1.807, 2.05) is 0 Å². The van der Waals surface area contributed by atoms with Crippen LogP contribution < -0.4 is 19.5 Å². The minimum atomic E-state index is -0.518. The van der Waals surface area contributed by atoms with Gasteiger partial charge in [-0.25, -0.2) is 9.38 Å². The topological polar surface area (TPSA) is 69.2 Å². The molecule has 0 atom stereocenters. The van der Waals surface area contributed by atoms with Crippen molar-refractivity contribution in [2.24, 2.45) is 4.99 Å². The number of amidine groups is 1. The van der Waals surface area contributed by atoms with Crippen molar-refractivity contribution in [1.29, 1.82) is 0 Å². The van der Waals surface area contributed by atoms with Gasteiger partial charge in [0, 0.05) is 0 Å². The summed E-state index contributed by atoms with van der Waals surface area (Å²) in [6, 6.07) is 9.66. The van der Waals surface area contributed by atoms with Gasteiger partial charge in [-0.3, -0.25) is 4.79 Å². The van der Waals surface area contributed by atoms with Crippen molar-refractivity contribution in [3.05, 3.63) is 59.0 Å². The van der Waals surface area contributed by atoms with Crippen LogP contribution in [-0.2, 0) is 4.79 Å². The molecule has 26 heavy (non-hydrogen) atoms. The maximum Gasteiger partial charge on any atom is 0.275 e. The van der Waals surface area contributed by atoms with Crippen molar-refractivity contribution < 1.29 is 23.4 Å². The van der Waals surface area contributed by atoms with E-state index >= 15 is 0 Å². The van der Waals surface area contributed by atoms with Gasteiger partial charge in [0.1, 0.15) is 28.6 Å². The second kappa shape index (κ2) is 7.26. The first-order valence-corrected chi connectivity index (χ1v) is 7.74. The summed E-state index contributed by atoms with van der Waals surface area (Å²) >= 11 is 0. The van der Waals surface area contributed by atoms with Crippen molar-refractivity contribution in [1.82, 2.24) is 5.32 Å². The number of nitrogens with zero attached hydrogens (tertiary/aromatic N) is 1. The molecule has 6 nitrogen and oxygen atoms in total. The van der Waals surface area contributed by atoms with Crippen molar-refractivity contribution in [2.45, 2.75) is 0 Å². The Morgan fingerprint density at radius 2 is 1.65 bits per heavy atom. The Morgan fingerprint density at radius 1 is 1.00 bits per heavy atom. The van der Waals surface area contributed by atoms with E-state index in [-0.39, 0.29) is 11.4 Å². The lowest BCUT2D eigenvalue weighted by atomic mass is 10.1. The highest BCUT2D eigenvalue weighted by Crippen LogP contribution is 2.30. The number of nitrogens with one attached hydrogen (secondary N) is 1. The SMILES string of the molecule is COc1ccc(/C=C2/N=C(c3c(OC)cccc3OC)NC2=O)cc1F. The van der Waals surface area contributed by atoms with Gasteiger partial charge in [0.25, 0.3) is 5.91 Å². The molecule has 1 aliphatic rings. The largest absolute Gasteiger partial charge is 0.496 e. The van der Waals surface area contributed by atoms with Crippen LogP contribution in [0.3, 0.4) is 0 Å². The van der Waals surface area contributed by atoms with Gasteiger partial charge in [-0.1, -0.05) is 12.1 Å². The number of ether oxygens (including phenoxy) is 3. The highest BCUT2D eigenvalue weighted by Gasteiger charge is 2.26. The third-order valence-corrected chi connectivity index (χ3v) is 3.84. The average Bonchev–Trinajstić information content (AvgIpc) is 3.01. The number of aliphatic imine (C=N–C) groups is 1. The van der Waals surface area contributed by atoms with Gasteiger partial charge < -0.3 is 19.5 Å². The number of hydrogen-bond acceptors (Lipinski definition) is 5. The molecule has 7 heteroatoms. The standard InChI is InChI=1S/C19H17FN2O4/c1-24-14-8-7-11(9-12(14)20)10-13-19(23)22-18(21-13)17-15(25-2)5-4-6-16(17)26-3/h4-10H,1-3H3,(H,21,22,23)/b13-10+. The molecule has 0 bridgehead atoms. The van der Waals surface area contributed by atoms with E-state index in [9.17, 15) is 9.18 Å². The van der Waals surface area contributed by atoms with E-state index in [0.717, 1.165) is 0 Å². The predicted octanol–water partition coefficient (Wildman–Crippen LogP) is 2.77. The smallest absolute Gasteiger partial charge is 0.275 e. The summed E-state index contributed by atoms with van der Waals surface area (Å²) in [6.45, 7) is 0. The zero-order valence-corrected chi connectivity index (χ0v) is 14.5. The van der Waals surface area contributed by atoms with E-state index < -0.39 is 11.7 Å². The molecule has 1 heterocycles. The van der Waals surface area contributed by atoms with Crippen molar-refractivity contribution >= 4 is 17.8 Å². The van der Waals surface area contributed by atoms with Gasteiger partial charge in [0.15, 0.2) is 11.6 Å². The van der Waals surface area contributed by atoms with Gasteiger partial charge in [-0.2, -0.15) is 0 Å². The molecule has 134 valence electrons. The second-order valence-electron chi connectivity index (χ2n) is 5.38. The molecule has 0 saturated heterocycles. The van der Waals surface area contributed by atoms with Gasteiger partial charge in [0.2, 0.25) is 0 Å². The Bertz CT molecular complexity index is 900. The quantitative estimate of drug-likeness (QED) is 0.837. The van der Waals surface area contributed by atoms with Crippen LogP contribution in [-0.4, -0.2) is 33.1 Å². The molecule has 0 fully saturated rings. The molecule has 0 aliphatic carbocycles. The van der Waals surface area contributed by atoms with Gasteiger partial charge in [-0.15, -0.1) is 0 Å². The first kappa shape index (κ1) is 17.5. The third-order valence-electron chi connectivity index (χ3n) is 3.84. The van der Waals surface area contributed by atoms with Crippen molar-refractivity contribution in [3.8, 4) is 17.2 Å². The molecule has 1 amide bonds. The highest BCUT2D eigenvalue weighted by atomic mass is 19.1. The Kier molecular flexibility index (Phi) is 4.88. The van der Waals surface area contributed by atoms with Crippen LogP contribution in [0, 0.1) is 5.82 Å². The van der Waals surface area contributed by atoms with E-state index in [4.69, 9.17) is 14.2 Å². The van der Waals surface area contributed by atoms with Crippen LogP contribution in [0.2, 0.25) is 0 Å². The van der Waals surface area contributed by atoms with Crippen LogP contribution in [0.15, 0.2) is 47.1 Å². The summed E-state index contributed by atoms with van der Waals surface area (Å²) in [6.07, 6.45) is 1.49.